The summed E-state index contributed by atoms with van der Waals surface area (Å²) in [5.41, 5.74) is 19.7. The smallest absolute Gasteiger partial charge is 0.164 e. The summed E-state index contributed by atoms with van der Waals surface area (Å²) < 4.78 is 7.44. The normalized spacial score (nSPS) is 14.0. The molecule has 0 amide bonds. The molecule has 0 unspecified atom stereocenters. The summed E-state index contributed by atoms with van der Waals surface area (Å²) in [6.45, 7) is 4.78. The minimum Gasteiger partial charge on any atom is -0.313 e. The second-order valence-corrected chi connectivity index (χ2v) is 20.3. The molecule has 0 fully saturated rings. The molecular formula is C68H48N6. The number of aromatic nitrogens is 6. The SMILES string of the molecule is CC1(C)C2=CCCC=C2n2c1cc1c2ccc2c3cc(-c4ccc5c(c4)c4ccccc4n5-c4ccccc4)ccc3n(-c3cccc(-c4cccc(-c5nc(-c6ccccc6)nc(-c6ccccc6)n5)c4)c3)c21. The maximum Gasteiger partial charge on any atom is 0.164 e. The van der Waals surface area contributed by atoms with Crippen LogP contribution in [-0.4, -0.2) is 28.7 Å². The zero-order valence-corrected chi connectivity index (χ0v) is 41.0. The molecule has 0 atom stereocenters. The van der Waals surface area contributed by atoms with Crippen LogP contribution in [-0.2, 0) is 5.41 Å². The lowest BCUT2D eigenvalue weighted by Gasteiger charge is -2.21. The van der Waals surface area contributed by atoms with Crippen LogP contribution >= 0.6 is 0 Å². The molecule has 1 aliphatic heterocycles. The van der Waals surface area contributed by atoms with Crippen molar-refractivity contribution in [1.29, 1.82) is 0 Å². The molecule has 0 saturated heterocycles. The molecule has 2 aliphatic rings. The van der Waals surface area contributed by atoms with Gasteiger partial charge in [-0.05, 0) is 113 Å². The van der Waals surface area contributed by atoms with Gasteiger partial charge in [-0.3, -0.25) is 0 Å². The highest BCUT2D eigenvalue weighted by Gasteiger charge is 2.40. The average Bonchev–Trinajstić information content (AvgIpc) is 4.26. The molecule has 6 nitrogen and oxygen atoms in total. The van der Waals surface area contributed by atoms with Gasteiger partial charge in [-0.15, -0.1) is 0 Å². The second-order valence-electron chi connectivity index (χ2n) is 20.3. The van der Waals surface area contributed by atoms with Crippen LogP contribution in [0.1, 0.15) is 32.4 Å². The zero-order valence-electron chi connectivity index (χ0n) is 41.0. The lowest BCUT2D eigenvalue weighted by atomic mass is 9.80. The first-order valence-corrected chi connectivity index (χ1v) is 25.7. The van der Waals surface area contributed by atoms with Gasteiger partial charge in [-0.1, -0.05) is 172 Å². The molecule has 15 rings (SSSR count). The third-order valence-electron chi connectivity index (χ3n) is 15.7. The Bertz CT molecular complexity index is 4430. The predicted octanol–water partition coefficient (Wildman–Crippen LogP) is 17.2. The third kappa shape index (κ3) is 6.47. The molecule has 0 N–H and O–H groups in total. The first-order valence-electron chi connectivity index (χ1n) is 25.7. The molecule has 0 spiro atoms. The lowest BCUT2D eigenvalue weighted by Crippen LogP contribution is -2.15. The van der Waals surface area contributed by atoms with E-state index in [1.807, 2.05) is 36.4 Å². The van der Waals surface area contributed by atoms with Crippen LogP contribution in [0.2, 0.25) is 0 Å². The molecule has 13 aromatic rings. The molecule has 0 bridgehead atoms. The van der Waals surface area contributed by atoms with E-state index >= 15 is 0 Å². The highest BCUT2D eigenvalue weighted by Crippen LogP contribution is 2.52. The highest BCUT2D eigenvalue weighted by atomic mass is 15.1. The lowest BCUT2D eigenvalue weighted by molar-refractivity contribution is 0.644. The van der Waals surface area contributed by atoms with Crippen LogP contribution in [0.25, 0.3) is 128 Å². The Morgan fingerprint density at radius 2 is 0.838 bits per heavy atom. The molecular weight excluding hydrogens is 901 g/mol. The number of hydrogen-bond acceptors (Lipinski definition) is 3. The maximum atomic E-state index is 5.08. The van der Waals surface area contributed by atoms with Gasteiger partial charge in [0.25, 0.3) is 0 Å². The van der Waals surface area contributed by atoms with Crippen molar-refractivity contribution in [3.63, 3.8) is 0 Å². The van der Waals surface area contributed by atoms with E-state index in [0.717, 1.165) is 52.0 Å². The van der Waals surface area contributed by atoms with Crippen LogP contribution in [0.5, 0.6) is 0 Å². The summed E-state index contributed by atoms with van der Waals surface area (Å²) in [5, 5.41) is 6.20. The molecule has 0 saturated carbocycles. The van der Waals surface area contributed by atoms with Gasteiger partial charge in [0, 0.05) is 71.8 Å². The topological polar surface area (TPSA) is 53.5 Å². The van der Waals surface area contributed by atoms with E-state index in [9.17, 15) is 0 Å². The van der Waals surface area contributed by atoms with Crippen molar-refractivity contribution in [2.24, 2.45) is 0 Å². The average molecular weight is 949 g/mol. The van der Waals surface area contributed by atoms with Crippen LogP contribution in [0.4, 0.5) is 0 Å². The number of fused-ring (bicyclic) bond motifs is 12. The fourth-order valence-electron chi connectivity index (χ4n) is 12.2. The predicted molar refractivity (Wildman–Crippen MR) is 306 cm³/mol. The largest absolute Gasteiger partial charge is 0.313 e. The summed E-state index contributed by atoms with van der Waals surface area (Å²) in [5.74, 6) is 1.92. The minimum atomic E-state index is -0.114. The van der Waals surface area contributed by atoms with Gasteiger partial charge in [0.2, 0.25) is 0 Å². The van der Waals surface area contributed by atoms with Gasteiger partial charge in [-0.2, -0.15) is 0 Å². The van der Waals surface area contributed by atoms with Crippen LogP contribution in [0, 0.1) is 0 Å². The molecule has 1 aliphatic carbocycles. The zero-order chi connectivity index (χ0) is 49.1. The van der Waals surface area contributed by atoms with E-state index in [2.05, 4.69) is 222 Å². The number of para-hydroxylation sites is 2. The third-order valence-corrected chi connectivity index (χ3v) is 15.7. The van der Waals surface area contributed by atoms with Crippen molar-refractivity contribution in [1.82, 2.24) is 28.7 Å². The molecule has 350 valence electrons. The summed E-state index contributed by atoms with van der Waals surface area (Å²) in [4.78, 5) is 15.1. The summed E-state index contributed by atoms with van der Waals surface area (Å²) in [6.07, 6.45) is 7.06. The van der Waals surface area contributed by atoms with Crippen molar-refractivity contribution in [3.8, 4) is 67.8 Å². The number of benzene rings is 9. The highest BCUT2D eigenvalue weighted by molar-refractivity contribution is 6.20. The summed E-state index contributed by atoms with van der Waals surface area (Å²) in [7, 11) is 0. The Labute approximate surface area is 428 Å². The fourth-order valence-corrected chi connectivity index (χ4v) is 12.2. The molecule has 6 heteroatoms. The Morgan fingerprint density at radius 3 is 1.55 bits per heavy atom. The number of hydrogen-bond donors (Lipinski definition) is 0. The monoisotopic (exact) mass is 948 g/mol. The van der Waals surface area contributed by atoms with Crippen molar-refractivity contribution < 1.29 is 0 Å². The quantitative estimate of drug-likeness (QED) is 0.160. The standard InChI is InChI=1S/C68H48N6/c1-68(2)57-29-13-15-31-62(57)74-61-37-34-53-55-41-48(47-32-35-59-54(40-47)52-28-12-14-30-58(52)72(59)50-25-10-5-11-26-50)33-36-60(55)73(64(53)56(61)42-63(68)74)51-27-17-23-46(39-51)45-22-16-24-49(38-45)67-70-65(43-18-6-3-7-19-43)69-66(71-67)44-20-8-4-9-21-44/h3-12,14,16-42H,13,15H2,1-2H3. The minimum absolute atomic E-state index is 0.114. The number of rotatable bonds is 7. The van der Waals surface area contributed by atoms with Crippen LogP contribution < -0.4 is 0 Å². The van der Waals surface area contributed by atoms with Crippen molar-refractivity contribution in [2.75, 3.05) is 0 Å². The fraction of sp³-hybridized carbons (Fsp3) is 0.0735. The van der Waals surface area contributed by atoms with E-state index < -0.39 is 0 Å². The molecule has 9 aromatic carbocycles. The summed E-state index contributed by atoms with van der Waals surface area (Å²) >= 11 is 0. The second kappa shape index (κ2) is 16.3. The van der Waals surface area contributed by atoms with Crippen molar-refractivity contribution >= 4 is 60.2 Å². The maximum absolute atomic E-state index is 5.08. The molecule has 0 radical (unpaired) electrons. The Kier molecular flexibility index (Phi) is 9.33. The van der Waals surface area contributed by atoms with Crippen molar-refractivity contribution in [3.05, 3.63) is 242 Å². The number of nitrogens with zero attached hydrogens (tertiary/aromatic N) is 6. The van der Waals surface area contributed by atoms with E-state index in [0.29, 0.717) is 17.5 Å². The van der Waals surface area contributed by atoms with Gasteiger partial charge in [0.1, 0.15) is 0 Å². The van der Waals surface area contributed by atoms with E-state index in [1.54, 1.807) is 0 Å². The Balaban J connectivity index is 0.908. The van der Waals surface area contributed by atoms with Gasteiger partial charge in [0.05, 0.1) is 27.6 Å². The summed E-state index contributed by atoms with van der Waals surface area (Å²) in [6, 6.07) is 78.7. The van der Waals surface area contributed by atoms with Crippen molar-refractivity contribution in [2.45, 2.75) is 32.1 Å². The van der Waals surface area contributed by atoms with Gasteiger partial charge in [0.15, 0.2) is 17.5 Å². The van der Waals surface area contributed by atoms with Crippen LogP contribution in [0.15, 0.2) is 236 Å². The first kappa shape index (κ1) is 42.3. The molecule has 5 heterocycles. The van der Waals surface area contributed by atoms with Gasteiger partial charge in [-0.25, -0.2) is 15.0 Å². The van der Waals surface area contributed by atoms with Gasteiger partial charge >= 0.3 is 0 Å². The molecule has 74 heavy (non-hydrogen) atoms. The Morgan fingerprint density at radius 1 is 0.338 bits per heavy atom. The van der Waals surface area contributed by atoms with Gasteiger partial charge < -0.3 is 13.7 Å². The molecule has 4 aromatic heterocycles. The van der Waals surface area contributed by atoms with E-state index in [-0.39, 0.29) is 5.41 Å². The van der Waals surface area contributed by atoms with E-state index in [4.69, 9.17) is 15.0 Å². The van der Waals surface area contributed by atoms with E-state index in [1.165, 1.54) is 82.6 Å². The number of allylic oxidation sites excluding steroid dienone is 4. The first-order chi connectivity index (χ1) is 36.4. The van der Waals surface area contributed by atoms with Crippen LogP contribution in [0.3, 0.4) is 0 Å². The Hall–Kier alpha value is -9.39.